The van der Waals surface area contributed by atoms with Crippen LogP contribution in [0.15, 0.2) is 0 Å². The van der Waals surface area contributed by atoms with Gasteiger partial charge in [-0.3, -0.25) is 0 Å². The summed E-state index contributed by atoms with van der Waals surface area (Å²) in [4.78, 5) is 0. The number of nitriles is 6. The standard InChI is InChI=1S/6CHN.Co.Fe.Mn.Na.H/c6*1-2;;;;;/h6*1H;;;;;. The van der Waals surface area contributed by atoms with E-state index >= 15 is 0 Å². The Morgan fingerprint density at radius 2 is 0.438 bits per heavy atom. The summed E-state index contributed by atoms with van der Waals surface area (Å²) in [5, 5.41) is 39.0. The number of hydrogen-bond donors (Lipinski definition) is 0. The van der Waals surface area contributed by atoms with Crippen molar-refractivity contribution in [2.45, 2.75) is 0 Å². The van der Waals surface area contributed by atoms with Gasteiger partial charge >= 0.3 is 29.6 Å². The van der Waals surface area contributed by atoms with Gasteiger partial charge in [-0.1, -0.05) is 0 Å². The van der Waals surface area contributed by atoms with Crippen LogP contribution in [0.4, 0.5) is 0 Å². The van der Waals surface area contributed by atoms with E-state index in [0.29, 0.717) is 0 Å². The molecule has 0 spiro atoms. The molecule has 0 atom stereocenters. The van der Waals surface area contributed by atoms with Crippen molar-refractivity contribution in [3.05, 3.63) is 0 Å². The van der Waals surface area contributed by atoms with Crippen molar-refractivity contribution in [3.63, 3.8) is 0 Å². The molecule has 0 N–H and O–H groups in total. The Balaban J connectivity index is -0.00000000321. The van der Waals surface area contributed by atoms with Crippen molar-refractivity contribution in [3.8, 4) is 39.4 Å². The molecule has 0 aliphatic heterocycles. The van der Waals surface area contributed by atoms with Crippen LogP contribution in [0.5, 0.6) is 0 Å². The zero-order valence-electron chi connectivity index (χ0n) is 7.21. The van der Waals surface area contributed by atoms with E-state index in [9.17, 15) is 0 Å². The van der Waals surface area contributed by atoms with Crippen LogP contribution in [0.2, 0.25) is 0 Å². The van der Waals surface area contributed by atoms with Crippen molar-refractivity contribution in [1.82, 2.24) is 0 Å². The summed E-state index contributed by atoms with van der Waals surface area (Å²) < 4.78 is 0. The van der Waals surface area contributed by atoms with Gasteiger partial charge in [0.05, 0.1) is 0 Å². The van der Waals surface area contributed by atoms with E-state index in [2.05, 4.69) is 39.4 Å². The molecule has 0 fully saturated rings. The van der Waals surface area contributed by atoms with Gasteiger partial charge in [0.15, 0.2) is 0 Å². The first kappa shape index (κ1) is 108. The Hall–Kier alpha value is -0.515. The van der Waals surface area contributed by atoms with Crippen molar-refractivity contribution >= 4 is 29.6 Å². The Morgan fingerprint density at radius 1 is 0.438 bits per heavy atom. The van der Waals surface area contributed by atoms with E-state index in [-0.39, 0.29) is 80.5 Å². The first-order chi connectivity index (χ1) is 6.00. The molecule has 0 unspecified atom stereocenters. The van der Waals surface area contributed by atoms with Crippen LogP contribution in [0.25, 0.3) is 0 Å². The second kappa shape index (κ2) is 9950. The van der Waals surface area contributed by atoms with Gasteiger partial charge < -0.3 is 0 Å². The van der Waals surface area contributed by atoms with Crippen LogP contribution in [-0.4, -0.2) is 29.6 Å². The SMILES string of the molecule is C#N.C#N.C#N.C#N.C#N.C#N.[Co].[Fe].[Mn].[NaH]. The first-order valence-electron chi connectivity index (χ1n) is 1.55. The van der Waals surface area contributed by atoms with E-state index in [1.807, 2.05) is 0 Å². The molecule has 86 valence electrons. The van der Waals surface area contributed by atoms with Crippen LogP contribution in [0.3, 0.4) is 0 Å². The fourth-order valence-corrected chi connectivity index (χ4v) is 0. The zero-order valence-corrected chi connectivity index (χ0v) is 10.5. The molecule has 0 aromatic heterocycles. The maximum absolute atomic E-state index is 6.50. The van der Waals surface area contributed by atoms with Gasteiger partial charge in [0.2, 0.25) is 0 Å². The molecule has 0 bridgehead atoms. The van der Waals surface area contributed by atoms with Gasteiger partial charge in [-0.15, -0.1) is 0 Å². The van der Waals surface area contributed by atoms with Gasteiger partial charge in [-0.25, -0.2) is 31.6 Å². The summed E-state index contributed by atoms with van der Waals surface area (Å²) in [7, 11) is 0. The first-order valence-corrected chi connectivity index (χ1v) is 1.55. The molecule has 0 amide bonds. The Kier molecular flexibility index (Phi) is 67200. The van der Waals surface area contributed by atoms with Gasteiger partial charge in [-0.2, -0.15) is 0 Å². The fraction of sp³-hybridized carbons (Fsp3) is 0. The van der Waals surface area contributed by atoms with Crippen LogP contribution >= 0.6 is 0 Å². The minimum absolute atomic E-state index is 0. The van der Waals surface area contributed by atoms with Gasteiger partial charge in [-0.05, 0) is 0 Å². The van der Waals surface area contributed by atoms with Crippen molar-refractivity contribution < 1.29 is 50.9 Å². The summed E-state index contributed by atoms with van der Waals surface area (Å²) >= 11 is 0. The number of rotatable bonds is 0. The zero-order chi connectivity index (χ0) is 12.0. The third-order valence-corrected chi connectivity index (χ3v) is 0. The summed E-state index contributed by atoms with van der Waals surface area (Å²) in [6.45, 7) is 21.0. The molecule has 0 saturated carbocycles. The quantitative estimate of drug-likeness (QED) is 0.567. The predicted octanol–water partition coefficient (Wildman–Crippen LogP) is 0.183. The third-order valence-electron chi connectivity index (χ3n) is 0. The van der Waals surface area contributed by atoms with Crippen LogP contribution < -0.4 is 0 Å². The molecule has 10 heteroatoms. The molecular formula is C6H7CoFeMnN6Na. The van der Waals surface area contributed by atoms with E-state index < -0.39 is 0 Å². The molecule has 0 heterocycles. The van der Waals surface area contributed by atoms with Crippen molar-refractivity contribution in [2.24, 2.45) is 0 Å². The molecule has 0 saturated heterocycles. The van der Waals surface area contributed by atoms with E-state index in [0.717, 1.165) is 0 Å². The second-order valence-electron chi connectivity index (χ2n) is 0. The number of hydrogen-bond acceptors (Lipinski definition) is 6. The average Bonchev–Trinajstić information content (AvgIpc) is 2.33. The van der Waals surface area contributed by atoms with Crippen molar-refractivity contribution in [1.29, 1.82) is 31.6 Å². The van der Waals surface area contributed by atoms with E-state index in [1.54, 1.807) is 0 Å². The topological polar surface area (TPSA) is 143 Å². The molecule has 2 radical (unpaired) electrons. The Bertz CT molecular complexity index is 108. The maximum atomic E-state index is 6.50. The van der Waals surface area contributed by atoms with E-state index in [4.69, 9.17) is 31.6 Å². The van der Waals surface area contributed by atoms with Gasteiger partial charge in [0, 0.05) is 90.3 Å². The van der Waals surface area contributed by atoms with Gasteiger partial charge in [0.1, 0.15) is 0 Å². The minimum atomic E-state index is 0. The van der Waals surface area contributed by atoms with Crippen LogP contribution in [-0.2, 0) is 50.9 Å². The van der Waals surface area contributed by atoms with E-state index in [1.165, 1.54) is 0 Å². The molecule has 16 heavy (non-hydrogen) atoms. The Labute approximate surface area is 150 Å². The summed E-state index contributed by atoms with van der Waals surface area (Å²) in [6.07, 6.45) is 0. The molecule has 6 nitrogen and oxygen atoms in total. The summed E-state index contributed by atoms with van der Waals surface area (Å²) in [5.41, 5.74) is 0. The van der Waals surface area contributed by atoms with Gasteiger partial charge in [0.25, 0.3) is 0 Å². The number of nitrogens with zero attached hydrogens (tertiary/aromatic N) is 6. The summed E-state index contributed by atoms with van der Waals surface area (Å²) in [5.74, 6) is 0. The molecule has 0 rings (SSSR count). The van der Waals surface area contributed by atoms with Crippen LogP contribution in [0.1, 0.15) is 0 Å². The molecule has 0 aliphatic carbocycles. The molecule has 0 aliphatic rings. The fourth-order valence-electron chi connectivity index (χ4n) is 0. The monoisotopic (exact) mass is 356 g/mol. The van der Waals surface area contributed by atoms with Crippen molar-refractivity contribution in [2.75, 3.05) is 0 Å². The molecule has 0 aromatic carbocycles. The van der Waals surface area contributed by atoms with Crippen LogP contribution in [0, 0.1) is 71.0 Å². The average molecular weight is 356 g/mol. The normalized spacial score (nSPS) is 0.750. The Morgan fingerprint density at radius 3 is 0.438 bits per heavy atom. The molecule has 0 aromatic rings. The molecular weight excluding hydrogens is 349 g/mol. The third kappa shape index (κ3) is 7940. The second-order valence-corrected chi connectivity index (χ2v) is 0. The summed E-state index contributed by atoms with van der Waals surface area (Å²) in [6, 6.07) is 0. The predicted molar refractivity (Wildman–Crippen MR) is 47.2 cm³/mol.